The summed E-state index contributed by atoms with van der Waals surface area (Å²) in [5.74, 6) is -0.862. The summed E-state index contributed by atoms with van der Waals surface area (Å²) in [5, 5.41) is 0. The molecule has 0 amide bonds. The van der Waals surface area contributed by atoms with Gasteiger partial charge in [-0.2, -0.15) is 0 Å². The Morgan fingerprint density at radius 2 is 0.873 bits per heavy atom. The van der Waals surface area contributed by atoms with Crippen molar-refractivity contribution in [2.45, 2.75) is 200 Å². The predicted octanol–water partition coefficient (Wildman–Crippen LogP) is 14.9. The van der Waals surface area contributed by atoms with Crippen LogP contribution < -0.4 is 5.73 Å². The Kier molecular flexibility index (Phi) is 46.0. The lowest BCUT2D eigenvalue weighted by atomic mass is 10.1. The quantitative estimate of drug-likeness (QED) is 0.0265. The number of carbonyl (C=O) groups is 2. The minimum Gasteiger partial charge on any atom is -0.462 e. The number of unbranched alkanes of at least 4 members (excludes halogenated alkanes) is 16. The first-order chi connectivity index (χ1) is 30.8. The first kappa shape index (κ1) is 59.9. The van der Waals surface area contributed by atoms with Gasteiger partial charge in [0.15, 0.2) is 6.10 Å². The number of phosphoric acid groups is 1. The molecule has 0 radical (unpaired) electrons. The van der Waals surface area contributed by atoms with Crippen LogP contribution in [0.2, 0.25) is 0 Å². The highest BCUT2D eigenvalue weighted by molar-refractivity contribution is 7.47. The van der Waals surface area contributed by atoms with Crippen molar-refractivity contribution in [3.05, 3.63) is 97.2 Å². The van der Waals surface area contributed by atoms with E-state index >= 15 is 0 Å². The van der Waals surface area contributed by atoms with Crippen LogP contribution in [0.3, 0.4) is 0 Å². The molecule has 360 valence electrons. The minimum atomic E-state index is -4.40. The Balaban J connectivity index is 4.15. The molecule has 0 spiro atoms. The highest BCUT2D eigenvalue weighted by Crippen LogP contribution is 2.43. The molecule has 0 aromatic carbocycles. The number of esters is 2. The molecule has 0 aliphatic rings. The third-order valence-electron chi connectivity index (χ3n) is 9.95. The van der Waals surface area contributed by atoms with Crippen LogP contribution in [0.15, 0.2) is 97.2 Å². The van der Waals surface area contributed by atoms with E-state index in [4.69, 9.17) is 24.3 Å². The predicted molar refractivity (Wildman–Crippen MR) is 265 cm³/mol. The molecule has 2 unspecified atom stereocenters. The summed E-state index contributed by atoms with van der Waals surface area (Å²) < 4.78 is 32.9. The van der Waals surface area contributed by atoms with Crippen molar-refractivity contribution in [2.24, 2.45) is 5.73 Å². The van der Waals surface area contributed by atoms with E-state index in [0.717, 1.165) is 109 Å². The monoisotopic (exact) mass is 900 g/mol. The Morgan fingerprint density at radius 1 is 0.492 bits per heavy atom. The summed E-state index contributed by atoms with van der Waals surface area (Å²) in [6.45, 7) is 3.56. The molecule has 9 nitrogen and oxygen atoms in total. The largest absolute Gasteiger partial charge is 0.472 e. The van der Waals surface area contributed by atoms with Gasteiger partial charge in [-0.25, -0.2) is 4.57 Å². The maximum Gasteiger partial charge on any atom is 0.472 e. The van der Waals surface area contributed by atoms with Crippen molar-refractivity contribution in [3.8, 4) is 0 Å². The normalized spacial score (nSPS) is 14.0. The van der Waals surface area contributed by atoms with Gasteiger partial charge in [-0.15, -0.1) is 0 Å². The summed E-state index contributed by atoms with van der Waals surface area (Å²) >= 11 is 0. The molecule has 0 fully saturated rings. The maximum atomic E-state index is 12.6. The van der Waals surface area contributed by atoms with Gasteiger partial charge in [-0.1, -0.05) is 182 Å². The minimum absolute atomic E-state index is 0.0440. The summed E-state index contributed by atoms with van der Waals surface area (Å²) in [7, 11) is -4.40. The zero-order valence-corrected chi connectivity index (χ0v) is 40.7. The van der Waals surface area contributed by atoms with Gasteiger partial charge in [0, 0.05) is 19.4 Å². The van der Waals surface area contributed by atoms with Gasteiger partial charge in [-0.3, -0.25) is 18.6 Å². The zero-order chi connectivity index (χ0) is 46.0. The third-order valence-corrected chi connectivity index (χ3v) is 10.9. The van der Waals surface area contributed by atoms with Crippen LogP contribution in [-0.4, -0.2) is 49.3 Å². The molecule has 3 N–H and O–H groups in total. The van der Waals surface area contributed by atoms with Gasteiger partial charge in [0.2, 0.25) is 0 Å². The molecule has 0 aliphatic carbocycles. The molecule has 0 aromatic heterocycles. The van der Waals surface area contributed by atoms with E-state index in [1.807, 2.05) is 0 Å². The van der Waals surface area contributed by atoms with Crippen molar-refractivity contribution in [1.29, 1.82) is 0 Å². The van der Waals surface area contributed by atoms with Gasteiger partial charge in [0.1, 0.15) is 6.61 Å². The summed E-state index contributed by atoms with van der Waals surface area (Å²) in [6, 6.07) is 0. The molecule has 10 heteroatoms. The molecule has 0 saturated carbocycles. The fraction of sp³-hybridized carbons (Fsp3) is 0.660. The Labute approximate surface area is 385 Å². The van der Waals surface area contributed by atoms with Gasteiger partial charge < -0.3 is 20.1 Å². The SMILES string of the molecule is CC/C=C\C/C=C\C/C=C\C/C=C\C/C=C\CCCCCCCCCC(=O)OC(COC(=O)CCCCCCCC/C=C\C/C=C\C/C=C\CCCCC)COP(=O)(O)OCCN. The van der Waals surface area contributed by atoms with Crippen LogP contribution >= 0.6 is 7.82 Å². The van der Waals surface area contributed by atoms with Crippen LogP contribution in [0.25, 0.3) is 0 Å². The lowest BCUT2D eigenvalue weighted by Gasteiger charge is -2.19. The summed E-state index contributed by atoms with van der Waals surface area (Å²) in [6.07, 6.45) is 62.9. The number of hydrogen-bond donors (Lipinski definition) is 2. The molecule has 2 atom stereocenters. The highest BCUT2D eigenvalue weighted by atomic mass is 31.2. The zero-order valence-electron chi connectivity index (χ0n) is 39.8. The van der Waals surface area contributed by atoms with E-state index in [1.165, 1.54) is 44.9 Å². The number of carbonyl (C=O) groups excluding carboxylic acids is 2. The number of allylic oxidation sites excluding steroid dienone is 16. The standard InChI is InChI=1S/C53H90NO8P/c1-3-5-7-9-11-13-15-17-19-21-23-24-25-26-28-30-32-34-36-38-40-42-44-46-53(56)62-51(50-61-63(57,58)60-48-47-54)49-59-52(55)45-43-41-39-37-35-33-31-29-27-22-20-18-16-14-12-10-8-6-4-2/h5,7,11-14,17-20,23-24,26-29,51H,3-4,6,8-10,15-16,21-22,25,30-50,54H2,1-2H3,(H,57,58)/b7-5-,13-11-,14-12-,19-17-,20-18-,24-23-,28-26-,29-27-. The molecule has 0 rings (SSSR count). The lowest BCUT2D eigenvalue weighted by molar-refractivity contribution is -0.161. The average molecular weight is 900 g/mol. The van der Waals surface area contributed by atoms with Crippen LogP contribution in [-0.2, 0) is 32.7 Å². The number of hydrogen-bond acceptors (Lipinski definition) is 8. The molecule has 63 heavy (non-hydrogen) atoms. The second kappa shape index (κ2) is 48.4. The van der Waals surface area contributed by atoms with Crippen molar-refractivity contribution in [3.63, 3.8) is 0 Å². The van der Waals surface area contributed by atoms with Gasteiger partial charge in [-0.05, 0) is 96.3 Å². The lowest BCUT2D eigenvalue weighted by Crippen LogP contribution is -2.29. The van der Waals surface area contributed by atoms with Gasteiger partial charge in [0.05, 0.1) is 13.2 Å². The Hall–Kier alpha value is -3.07. The van der Waals surface area contributed by atoms with Crippen molar-refractivity contribution in [1.82, 2.24) is 0 Å². The van der Waals surface area contributed by atoms with E-state index in [0.29, 0.717) is 12.8 Å². The smallest absolute Gasteiger partial charge is 0.462 e. The third kappa shape index (κ3) is 48.2. The van der Waals surface area contributed by atoms with Gasteiger partial charge in [0.25, 0.3) is 0 Å². The van der Waals surface area contributed by atoms with E-state index in [1.54, 1.807) is 0 Å². The first-order valence-electron chi connectivity index (χ1n) is 24.7. The van der Waals surface area contributed by atoms with Crippen LogP contribution in [0, 0.1) is 0 Å². The van der Waals surface area contributed by atoms with Crippen molar-refractivity contribution < 1.29 is 37.6 Å². The maximum absolute atomic E-state index is 12.6. The number of ether oxygens (including phenoxy) is 2. The fourth-order valence-electron chi connectivity index (χ4n) is 6.31. The topological polar surface area (TPSA) is 134 Å². The second-order valence-electron chi connectivity index (χ2n) is 15.9. The molecule has 0 aromatic rings. The molecule has 0 heterocycles. The first-order valence-corrected chi connectivity index (χ1v) is 26.2. The molecular weight excluding hydrogens is 810 g/mol. The molecule has 0 aliphatic heterocycles. The molecule has 0 saturated heterocycles. The Morgan fingerprint density at radius 3 is 1.30 bits per heavy atom. The average Bonchev–Trinajstić information content (AvgIpc) is 3.27. The van der Waals surface area contributed by atoms with E-state index < -0.39 is 32.5 Å². The van der Waals surface area contributed by atoms with Crippen LogP contribution in [0.5, 0.6) is 0 Å². The number of phosphoric ester groups is 1. The van der Waals surface area contributed by atoms with Gasteiger partial charge >= 0.3 is 19.8 Å². The fourth-order valence-corrected chi connectivity index (χ4v) is 7.08. The number of rotatable bonds is 45. The van der Waals surface area contributed by atoms with E-state index in [9.17, 15) is 19.0 Å². The van der Waals surface area contributed by atoms with Crippen LogP contribution in [0.1, 0.15) is 194 Å². The van der Waals surface area contributed by atoms with Crippen LogP contribution in [0.4, 0.5) is 0 Å². The van der Waals surface area contributed by atoms with Crippen molar-refractivity contribution >= 4 is 19.8 Å². The highest BCUT2D eigenvalue weighted by Gasteiger charge is 2.26. The van der Waals surface area contributed by atoms with E-state index in [2.05, 4.69) is 111 Å². The Bertz CT molecular complexity index is 1350. The second-order valence-corrected chi connectivity index (χ2v) is 17.4. The number of nitrogens with two attached hydrogens (primary N) is 1. The molecular formula is C53H90NO8P. The van der Waals surface area contributed by atoms with Crippen molar-refractivity contribution in [2.75, 3.05) is 26.4 Å². The molecule has 0 bridgehead atoms. The van der Waals surface area contributed by atoms with E-state index in [-0.39, 0.29) is 32.6 Å². The summed E-state index contributed by atoms with van der Waals surface area (Å²) in [5.41, 5.74) is 5.36. The summed E-state index contributed by atoms with van der Waals surface area (Å²) in [4.78, 5) is 35.0.